The van der Waals surface area contributed by atoms with Gasteiger partial charge in [0.2, 0.25) is 11.9 Å². The number of carbonyl (C=O) groups is 2. The lowest BCUT2D eigenvalue weighted by atomic mass is 10.5. The average molecular weight is 357 g/mol. The zero-order valence-corrected chi connectivity index (χ0v) is 11.3. The van der Waals surface area contributed by atoms with Gasteiger partial charge in [0.15, 0.2) is 0 Å². The van der Waals surface area contributed by atoms with Crippen LogP contribution in [0.1, 0.15) is 5.82 Å². The molecular formula is C9H5F6N7O2. The zero-order chi connectivity index (χ0) is 18.3. The molecule has 0 radical (unpaired) electrons. The predicted molar refractivity (Wildman–Crippen MR) is 62.7 cm³/mol. The van der Waals surface area contributed by atoms with Crippen LogP contribution in [0.15, 0.2) is 0 Å². The molecule has 9 nitrogen and oxygen atoms in total. The molecule has 2 amide bonds. The summed E-state index contributed by atoms with van der Waals surface area (Å²) >= 11 is 0. The van der Waals surface area contributed by atoms with Gasteiger partial charge in [0, 0.05) is 0 Å². The molecule has 2 aromatic heterocycles. The molecule has 2 heterocycles. The van der Waals surface area contributed by atoms with Crippen molar-refractivity contribution in [1.82, 2.24) is 24.6 Å². The van der Waals surface area contributed by atoms with Crippen LogP contribution < -0.4 is 10.6 Å². The summed E-state index contributed by atoms with van der Waals surface area (Å²) in [6.45, 7) is 1.26. The Kier molecular flexibility index (Phi) is 4.03. The number of aromatic nitrogens is 5. The van der Waals surface area contributed by atoms with Gasteiger partial charge in [-0.3, -0.25) is 20.2 Å². The van der Waals surface area contributed by atoms with E-state index in [9.17, 15) is 35.9 Å². The molecule has 0 saturated heterocycles. The van der Waals surface area contributed by atoms with Crippen LogP contribution >= 0.6 is 0 Å². The second-order valence-corrected chi connectivity index (χ2v) is 4.16. The first-order valence-corrected chi connectivity index (χ1v) is 5.75. The summed E-state index contributed by atoms with van der Waals surface area (Å²) in [6.07, 6.45) is -10.6. The first-order chi connectivity index (χ1) is 10.9. The minimum Gasteiger partial charge on any atom is -0.288 e. The van der Waals surface area contributed by atoms with E-state index in [0.29, 0.717) is 0 Å². The van der Waals surface area contributed by atoms with Crippen molar-refractivity contribution in [2.24, 2.45) is 0 Å². The van der Waals surface area contributed by atoms with E-state index < -0.39 is 41.8 Å². The van der Waals surface area contributed by atoms with Crippen molar-refractivity contribution < 1.29 is 35.9 Å². The highest BCUT2D eigenvalue weighted by molar-refractivity contribution is 5.95. The molecule has 0 unspecified atom stereocenters. The van der Waals surface area contributed by atoms with Gasteiger partial charge >= 0.3 is 24.2 Å². The van der Waals surface area contributed by atoms with Crippen LogP contribution in [0.5, 0.6) is 0 Å². The Bertz CT molecular complexity index is 811. The van der Waals surface area contributed by atoms with E-state index in [0.717, 1.165) is 4.40 Å². The van der Waals surface area contributed by atoms with E-state index in [1.807, 2.05) is 0 Å². The van der Waals surface area contributed by atoms with Crippen LogP contribution in [0.2, 0.25) is 0 Å². The molecule has 0 spiro atoms. The van der Waals surface area contributed by atoms with Gasteiger partial charge in [-0.1, -0.05) is 0 Å². The normalized spacial score (nSPS) is 12.3. The largest absolute Gasteiger partial charge is 0.471 e. The quantitative estimate of drug-likeness (QED) is 0.770. The minimum atomic E-state index is -5.28. The summed E-state index contributed by atoms with van der Waals surface area (Å²) < 4.78 is 74.3. The molecule has 0 aliphatic heterocycles. The Balaban J connectivity index is 2.46. The van der Waals surface area contributed by atoms with E-state index in [1.54, 1.807) is 0 Å². The van der Waals surface area contributed by atoms with Gasteiger partial charge in [0.25, 0.3) is 5.78 Å². The first kappa shape index (κ1) is 17.4. The molecule has 0 bridgehead atoms. The van der Waals surface area contributed by atoms with Crippen molar-refractivity contribution in [3.63, 3.8) is 0 Å². The highest BCUT2D eigenvalue weighted by Crippen LogP contribution is 2.20. The molecule has 0 fully saturated rings. The number of nitrogens with zero attached hydrogens (tertiary/aromatic N) is 5. The molecule has 24 heavy (non-hydrogen) atoms. The number of aryl methyl sites for hydroxylation is 1. The molecule has 0 saturated carbocycles. The predicted octanol–water partition coefficient (Wildman–Crippen LogP) is 0.829. The van der Waals surface area contributed by atoms with Crippen LogP contribution in [0.3, 0.4) is 0 Å². The number of rotatable bonds is 2. The Morgan fingerprint density at radius 1 is 0.917 bits per heavy atom. The summed E-state index contributed by atoms with van der Waals surface area (Å²) in [5.41, 5.74) is 0. The van der Waals surface area contributed by atoms with E-state index in [1.165, 1.54) is 17.6 Å². The second-order valence-electron chi connectivity index (χ2n) is 4.16. The molecular weight excluding hydrogens is 352 g/mol. The van der Waals surface area contributed by atoms with Crippen molar-refractivity contribution in [3.05, 3.63) is 5.82 Å². The number of fused-ring (bicyclic) bond motifs is 1. The Hall–Kier alpha value is -3.00. The van der Waals surface area contributed by atoms with Crippen molar-refractivity contribution in [3.8, 4) is 0 Å². The Labute approximate surface area is 127 Å². The van der Waals surface area contributed by atoms with Crippen LogP contribution in [-0.2, 0) is 9.59 Å². The van der Waals surface area contributed by atoms with Crippen molar-refractivity contribution in [1.29, 1.82) is 0 Å². The second kappa shape index (κ2) is 5.57. The first-order valence-electron chi connectivity index (χ1n) is 5.75. The SMILES string of the molecule is Cc1nnc2nc(NC(=O)C(F)(F)F)nc(NC(=O)C(F)(F)F)n12. The van der Waals surface area contributed by atoms with Gasteiger partial charge < -0.3 is 0 Å². The number of hydrogen-bond acceptors (Lipinski definition) is 6. The molecule has 0 aliphatic carbocycles. The molecule has 2 N–H and O–H groups in total. The smallest absolute Gasteiger partial charge is 0.288 e. The Morgan fingerprint density at radius 2 is 1.46 bits per heavy atom. The fraction of sp³-hybridized carbons (Fsp3) is 0.333. The molecule has 2 rings (SSSR count). The summed E-state index contributed by atoms with van der Waals surface area (Å²) in [6, 6.07) is 0. The van der Waals surface area contributed by atoms with Crippen molar-refractivity contribution in [2.75, 3.05) is 10.6 Å². The van der Waals surface area contributed by atoms with Gasteiger partial charge in [0.05, 0.1) is 0 Å². The summed E-state index contributed by atoms with van der Waals surface area (Å²) in [7, 11) is 0. The molecule has 130 valence electrons. The van der Waals surface area contributed by atoms with E-state index >= 15 is 0 Å². The van der Waals surface area contributed by atoms with E-state index in [4.69, 9.17) is 0 Å². The standard InChI is InChI=1S/C9H5F6N7O2/c1-2-20-21-7-19-5(16-3(23)8(10,11)12)18-6(22(2)7)17-4(24)9(13,14)15/h1H3,(H2,16,17,18,19,21,23,24). The molecule has 0 atom stereocenters. The third-order valence-electron chi connectivity index (χ3n) is 2.40. The monoisotopic (exact) mass is 357 g/mol. The topological polar surface area (TPSA) is 114 Å². The maximum Gasteiger partial charge on any atom is 0.471 e. The van der Waals surface area contributed by atoms with Gasteiger partial charge in [0.1, 0.15) is 5.82 Å². The van der Waals surface area contributed by atoms with Gasteiger partial charge in [-0.2, -0.15) is 36.3 Å². The lowest BCUT2D eigenvalue weighted by Crippen LogP contribution is -2.33. The highest BCUT2D eigenvalue weighted by Gasteiger charge is 2.41. The molecule has 0 aliphatic rings. The van der Waals surface area contributed by atoms with Crippen LogP contribution in [0.4, 0.5) is 38.2 Å². The minimum absolute atomic E-state index is 0.0591. The average Bonchev–Trinajstić information content (AvgIpc) is 2.78. The number of carbonyl (C=O) groups excluding carboxylic acids is 2. The highest BCUT2D eigenvalue weighted by atomic mass is 19.4. The van der Waals surface area contributed by atoms with Gasteiger partial charge in [-0.05, 0) is 6.92 Å². The van der Waals surface area contributed by atoms with Gasteiger partial charge in [-0.25, -0.2) is 4.40 Å². The van der Waals surface area contributed by atoms with E-state index in [-0.39, 0.29) is 5.82 Å². The number of hydrogen-bond donors (Lipinski definition) is 2. The summed E-state index contributed by atoms with van der Waals surface area (Å²) in [5.74, 6) is -7.34. The van der Waals surface area contributed by atoms with E-state index in [2.05, 4.69) is 20.2 Å². The fourth-order valence-corrected chi connectivity index (χ4v) is 1.43. The lowest BCUT2D eigenvalue weighted by molar-refractivity contribution is -0.167. The van der Waals surface area contributed by atoms with Crippen LogP contribution in [0.25, 0.3) is 5.78 Å². The van der Waals surface area contributed by atoms with Crippen LogP contribution in [-0.4, -0.2) is 48.7 Å². The third kappa shape index (κ3) is 3.49. The zero-order valence-electron chi connectivity index (χ0n) is 11.3. The third-order valence-corrected chi connectivity index (χ3v) is 2.40. The fourth-order valence-electron chi connectivity index (χ4n) is 1.43. The number of nitrogens with one attached hydrogen (secondary N) is 2. The van der Waals surface area contributed by atoms with Gasteiger partial charge in [-0.15, -0.1) is 10.2 Å². The lowest BCUT2D eigenvalue weighted by Gasteiger charge is -2.11. The number of halogens is 6. The van der Waals surface area contributed by atoms with Crippen molar-refractivity contribution in [2.45, 2.75) is 19.3 Å². The molecule has 2 aromatic rings. The summed E-state index contributed by atoms with van der Waals surface area (Å²) in [5, 5.41) is 9.39. The number of anilines is 2. The van der Waals surface area contributed by atoms with Crippen molar-refractivity contribution >= 4 is 29.5 Å². The summed E-state index contributed by atoms with van der Waals surface area (Å²) in [4.78, 5) is 28.5. The number of amides is 2. The molecule has 0 aromatic carbocycles. The molecule has 15 heteroatoms. The maximum absolute atomic E-state index is 12.3. The number of alkyl halides is 6. The van der Waals surface area contributed by atoms with Crippen LogP contribution in [0, 0.1) is 6.92 Å². The Morgan fingerprint density at radius 3 is 2.00 bits per heavy atom. The maximum atomic E-state index is 12.3.